The van der Waals surface area contributed by atoms with Crippen molar-refractivity contribution in [1.29, 1.82) is 0 Å². The fourth-order valence-corrected chi connectivity index (χ4v) is 2.81. The van der Waals surface area contributed by atoms with Gasteiger partial charge in [-0.05, 0) is 42.5 Å². The highest BCUT2D eigenvalue weighted by atomic mass is 15.2. The van der Waals surface area contributed by atoms with Crippen LogP contribution in [0.3, 0.4) is 0 Å². The highest BCUT2D eigenvalue weighted by molar-refractivity contribution is 5.74. The van der Waals surface area contributed by atoms with Gasteiger partial charge in [0.05, 0.1) is 5.69 Å². The van der Waals surface area contributed by atoms with Gasteiger partial charge in [0.2, 0.25) is 0 Å². The standard InChI is InChI=1S/C16H19N3/c1-11-8-14(17)16(18-9-11)19-10-12(2)7-13-5-3-4-6-15(13)19/h3-6,8-9,12H,7,10,17H2,1-2H3. The minimum atomic E-state index is 0.609. The van der Waals surface area contributed by atoms with Crippen LogP contribution in [-0.4, -0.2) is 11.5 Å². The fourth-order valence-electron chi connectivity index (χ4n) is 2.81. The molecule has 3 nitrogen and oxygen atoms in total. The lowest BCUT2D eigenvalue weighted by molar-refractivity contribution is 0.560. The van der Waals surface area contributed by atoms with Crippen molar-refractivity contribution in [2.24, 2.45) is 5.92 Å². The molecule has 1 unspecified atom stereocenters. The van der Waals surface area contributed by atoms with Crippen molar-refractivity contribution in [3.05, 3.63) is 47.7 Å². The Morgan fingerprint density at radius 2 is 2.11 bits per heavy atom. The van der Waals surface area contributed by atoms with Gasteiger partial charge < -0.3 is 10.6 Å². The maximum Gasteiger partial charge on any atom is 0.156 e. The van der Waals surface area contributed by atoms with Crippen LogP contribution >= 0.6 is 0 Å². The Morgan fingerprint density at radius 3 is 2.89 bits per heavy atom. The summed E-state index contributed by atoms with van der Waals surface area (Å²) in [7, 11) is 0. The molecule has 3 heteroatoms. The molecular formula is C16H19N3. The van der Waals surface area contributed by atoms with Crippen molar-refractivity contribution in [1.82, 2.24) is 4.98 Å². The third-order valence-corrected chi connectivity index (χ3v) is 3.63. The second-order valence-electron chi connectivity index (χ2n) is 5.47. The van der Waals surface area contributed by atoms with E-state index in [1.807, 2.05) is 19.2 Å². The molecule has 98 valence electrons. The Labute approximate surface area is 114 Å². The normalized spacial score (nSPS) is 18.2. The monoisotopic (exact) mass is 253 g/mol. The van der Waals surface area contributed by atoms with Crippen LogP contribution in [0.15, 0.2) is 36.5 Å². The number of nitrogens with two attached hydrogens (primary N) is 1. The van der Waals surface area contributed by atoms with E-state index in [0.717, 1.165) is 30.0 Å². The molecule has 2 heterocycles. The topological polar surface area (TPSA) is 42.2 Å². The lowest BCUT2D eigenvalue weighted by Crippen LogP contribution is -2.31. The van der Waals surface area contributed by atoms with Crippen molar-refractivity contribution in [2.45, 2.75) is 20.3 Å². The van der Waals surface area contributed by atoms with E-state index >= 15 is 0 Å². The van der Waals surface area contributed by atoms with Crippen LogP contribution in [0.4, 0.5) is 17.2 Å². The lowest BCUT2D eigenvalue weighted by Gasteiger charge is -2.34. The third-order valence-electron chi connectivity index (χ3n) is 3.63. The Kier molecular flexibility index (Phi) is 2.90. The van der Waals surface area contributed by atoms with E-state index in [1.54, 1.807) is 0 Å². The van der Waals surface area contributed by atoms with Crippen molar-refractivity contribution < 1.29 is 0 Å². The Morgan fingerprint density at radius 1 is 1.32 bits per heavy atom. The highest BCUT2D eigenvalue weighted by Crippen LogP contribution is 2.36. The number of aromatic nitrogens is 1. The zero-order valence-electron chi connectivity index (χ0n) is 11.4. The molecule has 0 spiro atoms. The molecule has 0 radical (unpaired) electrons. The molecule has 2 N–H and O–H groups in total. The average molecular weight is 253 g/mol. The van der Waals surface area contributed by atoms with Crippen LogP contribution in [-0.2, 0) is 6.42 Å². The molecule has 19 heavy (non-hydrogen) atoms. The molecule has 1 aromatic carbocycles. The summed E-state index contributed by atoms with van der Waals surface area (Å²) in [6, 6.07) is 10.5. The van der Waals surface area contributed by atoms with Crippen LogP contribution in [0.2, 0.25) is 0 Å². The quantitative estimate of drug-likeness (QED) is 0.848. The third kappa shape index (κ3) is 2.16. The molecule has 3 rings (SSSR count). The Hall–Kier alpha value is -2.03. The number of pyridine rings is 1. The van der Waals surface area contributed by atoms with Gasteiger partial charge in [-0.2, -0.15) is 0 Å². The summed E-state index contributed by atoms with van der Waals surface area (Å²) in [6.45, 7) is 5.25. The summed E-state index contributed by atoms with van der Waals surface area (Å²) < 4.78 is 0. The molecule has 0 bridgehead atoms. The summed E-state index contributed by atoms with van der Waals surface area (Å²) in [5, 5.41) is 0. The van der Waals surface area contributed by atoms with E-state index in [-0.39, 0.29) is 0 Å². The fraction of sp³-hybridized carbons (Fsp3) is 0.312. The second kappa shape index (κ2) is 4.57. The minimum Gasteiger partial charge on any atom is -0.396 e. The summed E-state index contributed by atoms with van der Waals surface area (Å²) >= 11 is 0. The minimum absolute atomic E-state index is 0.609. The average Bonchev–Trinajstić information content (AvgIpc) is 2.38. The first-order valence-corrected chi connectivity index (χ1v) is 6.72. The predicted octanol–water partition coefficient (Wildman–Crippen LogP) is 3.30. The zero-order chi connectivity index (χ0) is 13.4. The molecule has 0 fully saturated rings. The van der Waals surface area contributed by atoms with Crippen LogP contribution in [0.5, 0.6) is 0 Å². The molecule has 0 aliphatic carbocycles. The number of hydrogen-bond donors (Lipinski definition) is 1. The van der Waals surface area contributed by atoms with Gasteiger partial charge in [0, 0.05) is 18.4 Å². The van der Waals surface area contributed by atoms with E-state index in [4.69, 9.17) is 5.73 Å². The zero-order valence-corrected chi connectivity index (χ0v) is 11.4. The maximum atomic E-state index is 6.15. The Bertz CT molecular complexity index is 607. The molecule has 0 saturated carbocycles. The van der Waals surface area contributed by atoms with E-state index in [2.05, 4.69) is 41.1 Å². The van der Waals surface area contributed by atoms with E-state index in [0.29, 0.717) is 5.92 Å². The SMILES string of the molecule is Cc1cnc(N2CC(C)Cc3ccccc32)c(N)c1. The summed E-state index contributed by atoms with van der Waals surface area (Å²) in [6.07, 6.45) is 3.01. The molecule has 0 saturated heterocycles. The van der Waals surface area contributed by atoms with Crippen molar-refractivity contribution >= 4 is 17.2 Å². The number of hydrogen-bond acceptors (Lipinski definition) is 3. The van der Waals surface area contributed by atoms with Gasteiger partial charge in [-0.1, -0.05) is 25.1 Å². The largest absolute Gasteiger partial charge is 0.396 e. The predicted molar refractivity (Wildman–Crippen MR) is 79.7 cm³/mol. The van der Waals surface area contributed by atoms with Gasteiger partial charge in [0.25, 0.3) is 0 Å². The summed E-state index contributed by atoms with van der Waals surface area (Å²) in [4.78, 5) is 6.78. The lowest BCUT2D eigenvalue weighted by atomic mass is 9.94. The van der Waals surface area contributed by atoms with E-state index < -0.39 is 0 Å². The second-order valence-corrected chi connectivity index (χ2v) is 5.47. The molecule has 1 aromatic heterocycles. The van der Waals surface area contributed by atoms with E-state index in [1.165, 1.54) is 11.3 Å². The van der Waals surface area contributed by atoms with Crippen LogP contribution < -0.4 is 10.6 Å². The summed E-state index contributed by atoms with van der Waals surface area (Å²) in [5.41, 5.74) is 10.6. The van der Waals surface area contributed by atoms with Crippen LogP contribution in [0.25, 0.3) is 0 Å². The van der Waals surface area contributed by atoms with Crippen molar-refractivity contribution in [3.8, 4) is 0 Å². The Balaban J connectivity index is 2.10. The van der Waals surface area contributed by atoms with Gasteiger partial charge in [-0.3, -0.25) is 0 Å². The molecular weight excluding hydrogens is 234 g/mol. The number of para-hydroxylation sites is 1. The molecule has 0 amide bonds. The van der Waals surface area contributed by atoms with Crippen LogP contribution in [0.1, 0.15) is 18.1 Å². The first-order valence-electron chi connectivity index (χ1n) is 6.72. The first-order chi connectivity index (χ1) is 9.15. The smallest absolute Gasteiger partial charge is 0.156 e. The van der Waals surface area contributed by atoms with Gasteiger partial charge in [-0.15, -0.1) is 0 Å². The number of anilines is 3. The van der Waals surface area contributed by atoms with Gasteiger partial charge in [0.1, 0.15) is 0 Å². The maximum absolute atomic E-state index is 6.15. The van der Waals surface area contributed by atoms with Gasteiger partial charge >= 0.3 is 0 Å². The van der Waals surface area contributed by atoms with Crippen molar-refractivity contribution in [3.63, 3.8) is 0 Å². The van der Waals surface area contributed by atoms with E-state index in [9.17, 15) is 0 Å². The number of fused-ring (bicyclic) bond motifs is 1. The highest BCUT2D eigenvalue weighted by Gasteiger charge is 2.24. The number of nitrogens with zero attached hydrogens (tertiary/aromatic N) is 2. The summed E-state index contributed by atoms with van der Waals surface area (Å²) in [5.74, 6) is 1.49. The number of benzene rings is 1. The molecule has 2 aromatic rings. The first kappa shape index (κ1) is 12.0. The molecule has 1 aliphatic heterocycles. The van der Waals surface area contributed by atoms with Crippen LogP contribution in [0, 0.1) is 12.8 Å². The number of aryl methyl sites for hydroxylation is 1. The van der Waals surface area contributed by atoms with Gasteiger partial charge in [0.15, 0.2) is 5.82 Å². The molecule has 1 atom stereocenters. The molecule has 1 aliphatic rings. The number of nitrogen functional groups attached to an aromatic ring is 1. The van der Waals surface area contributed by atoms with Crippen molar-refractivity contribution in [2.75, 3.05) is 17.2 Å². The van der Waals surface area contributed by atoms with Gasteiger partial charge in [-0.25, -0.2) is 4.98 Å². The number of rotatable bonds is 1.